The summed E-state index contributed by atoms with van der Waals surface area (Å²) in [6.07, 6.45) is 9.16. The largest absolute Gasteiger partial charge is 0.422 e. The molecule has 2 N–H and O–H groups in total. The smallest absolute Gasteiger partial charge is 0.329 e. The Morgan fingerprint density at radius 1 is 1.32 bits per heavy atom. The summed E-state index contributed by atoms with van der Waals surface area (Å²) in [5.41, 5.74) is -1.85. The molecule has 0 radical (unpaired) electrons. The van der Waals surface area contributed by atoms with Gasteiger partial charge in [-0.1, -0.05) is 56.4 Å². The number of unbranched alkanes of at least 4 members (excludes halogenated alkanes) is 1. The maximum Gasteiger partial charge on any atom is 0.329 e. The van der Waals surface area contributed by atoms with Gasteiger partial charge >= 0.3 is 5.97 Å². The molecule has 0 saturated carbocycles. The number of esters is 1. The molecule has 0 aromatic heterocycles. The zero-order valence-corrected chi connectivity index (χ0v) is 12.4. The first-order valence-corrected chi connectivity index (χ1v) is 7.30. The van der Waals surface area contributed by atoms with E-state index in [1.165, 1.54) is 6.08 Å². The molecule has 118 valence electrons. The van der Waals surface area contributed by atoms with Crippen LogP contribution in [0.5, 0.6) is 0 Å². The van der Waals surface area contributed by atoms with Crippen molar-refractivity contribution in [2.75, 3.05) is 0 Å². The van der Waals surface area contributed by atoms with Crippen molar-refractivity contribution in [1.29, 1.82) is 0 Å². The zero-order chi connectivity index (χ0) is 16.3. The first-order valence-electron chi connectivity index (χ1n) is 7.30. The molecule has 1 aliphatic heterocycles. The van der Waals surface area contributed by atoms with Crippen molar-refractivity contribution in [3.05, 3.63) is 48.8 Å². The molecule has 1 fully saturated rings. The monoisotopic (exact) mass is 304 g/mol. The molecule has 0 amide bonds. The maximum atomic E-state index is 12.4. The Bertz CT molecular complexity index is 572. The number of aliphatic hydroxyl groups excluding tert-OH is 2. The fourth-order valence-corrected chi connectivity index (χ4v) is 2.81. The third-order valence-electron chi connectivity index (χ3n) is 4.04. The second-order valence-corrected chi connectivity index (χ2v) is 5.46. The van der Waals surface area contributed by atoms with Crippen molar-refractivity contribution in [3.8, 4) is 0 Å². The summed E-state index contributed by atoms with van der Waals surface area (Å²) < 4.78 is 4.82. The molecule has 1 heterocycles. The Hall–Kier alpha value is -1.98. The lowest BCUT2D eigenvalue weighted by molar-refractivity contribution is -0.161. The summed E-state index contributed by atoms with van der Waals surface area (Å²) in [6.45, 7) is 5.46. The molecule has 1 spiro atoms. The molecule has 0 bridgehead atoms. The molecule has 1 saturated heterocycles. The number of carbonyl (C=O) groups excluding carboxylic acids is 2. The average molecular weight is 304 g/mol. The number of carbonyl (C=O) groups is 2. The lowest BCUT2D eigenvalue weighted by Gasteiger charge is -2.37. The van der Waals surface area contributed by atoms with Crippen LogP contribution >= 0.6 is 0 Å². The topological polar surface area (TPSA) is 83.8 Å². The second kappa shape index (κ2) is 6.42. The quantitative estimate of drug-likeness (QED) is 0.270. The SMILES string of the molecule is C=C1OC(=O)C2(C1=O)[C@H](/C=C\C=C\CCC)C=C[C@@H](O)[C@@H]2O. The number of rotatable bonds is 4. The lowest BCUT2D eigenvalue weighted by atomic mass is 9.64. The number of ketones is 1. The van der Waals surface area contributed by atoms with E-state index in [4.69, 9.17) is 4.74 Å². The Labute approximate surface area is 129 Å². The molecule has 1 unspecified atom stereocenters. The number of hydrogen-bond acceptors (Lipinski definition) is 5. The van der Waals surface area contributed by atoms with E-state index >= 15 is 0 Å². The van der Waals surface area contributed by atoms with E-state index in [1.54, 1.807) is 18.2 Å². The normalized spacial score (nSPS) is 35.2. The number of allylic oxidation sites excluding steroid dienone is 6. The van der Waals surface area contributed by atoms with Crippen LogP contribution in [-0.4, -0.2) is 34.2 Å². The van der Waals surface area contributed by atoms with E-state index < -0.39 is 35.3 Å². The van der Waals surface area contributed by atoms with Gasteiger partial charge in [0, 0.05) is 5.92 Å². The van der Waals surface area contributed by atoms with Crippen LogP contribution in [0.1, 0.15) is 19.8 Å². The predicted octanol–water partition coefficient (Wildman–Crippen LogP) is 1.43. The summed E-state index contributed by atoms with van der Waals surface area (Å²) in [6, 6.07) is 0. The van der Waals surface area contributed by atoms with Crippen molar-refractivity contribution in [2.45, 2.75) is 32.0 Å². The molecule has 0 aromatic rings. The van der Waals surface area contributed by atoms with Gasteiger partial charge in [-0.05, 0) is 6.42 Å². The molecular formula is C17H20O5. The van der Waals surface area contributed by atoms with E-state index in [9.17, 15) is 19.8 Å². The highest BCUT2D eigenvalue weighted by molar-refractivity contribution is 6.18. The molecule has 22 heavy (non-hydrogen) atoms. The van der Waals surface area contributed by atoms with E-state index in [2.05, 4.69) is 13.5 Å². The summed E-state index contributed by atoms with van der Waals surface area (Å²) in [5.74, 6) is -2.55. The average Bonchev–Trinajstić information content (AvgIpc) is 2.71. The highest BCUT2D eigenvalue weighted by Crippen LogP contribution is 2.46. The fourth-order valence-electron chi connectivity index (χ4n) is 2.81. The van der Waals surface area contributed by atoms with Crippen molar-refractivity contribution >= 4 is 11.8 Å². The van der Waals surface area contributed by atoms with Gasteiger partial charge in [0.1, 0.15) is 6.10 Å². The summed E-state index contributed by atoms with van der Waals surface area (Å²) in [4.78, 5) is 24.6. The minimum atomic E-state index is -1.85. The Morgan fingerprint density at radius 3 is 2.64 bits per heavy atom. The molecule has 5 nitrogen and oxygen atoms in total. The molecule has 2 aliphatic rings. The van der Waals surface area contributed by atoms with Crippen LogP contribution in [0, 0.1) is 11.3 Å². The third kappa shape index (κ3) is 2.46. The van der Waals surface area contributed by atoms with Crippen molar-refractivity contribution in [2.24, 2.45) is 11.3 Å². The van der Waals surface area contributed by atoms with Gasteiger partial charge in [-0.15, -0.1) is 0 Å². The van der Waals surface area contributed by atoms with E-state index in [0.29, 0.717) is 0 Å². The highest BCUT2D eigenvalue weighted by atomic mass is 16.6. The van der Waals surface area contributed by atoms with Crippen LogP contribution in [0.15, 0.2) is 48.8 Å². The minimum absolute atomic E-state index is 0.300. The van der Waals surface area contributed by atoms with Crippen LogP contribution in [0.2, 0.25) is 0 Å². The van der Waals surface area contributed by atoms with Crippen LogP contribution < -0.4 is 0 Å². The van der Waals surface area contributed by atoms with Crippen LogP contribution in [0.4, 0.5) is 0 Å². The summed E-state index contributed by atoms with van der Waals surface area (Å²) in [7, 11) is 0. The molecule has 5 heteroatoms. The van der Waals surface area contributed by atoms with Crippen LogP contribution in [0.3, 0.4) is 0 Å². The van der Waals surface area contributed by atoms with Crippen LogP contribution in [-0.2, 0) is 14.3 Å². The van der Waals surface area contributed by atoms with Gasteiger partial charge in [0.05, 0.1) is 6.10 Å². The maximum absolute atomic E-state index is 12.4. The molecule has 1 aliphatic carbocycles. The third-order valence-corrected chi connectivity index (χ3v) is 4.04. The first kappa shape index (κ1) is 16.4. The summed E-state index contributed by atoms with van der Waals surface area (Å²) in [5, 5.41) is 20.1. The van der Waals surface area contributed by atoms with Crippen LogP contribution in [0.25, 0.3) is 0 Å². The van der Waals surface area contributed by atoms with E-state index in [0.717, 1.165) is 12.8 Å². The lowest BCUT2D eigenvalue weighted by Crippen LogP contribution is -2.55. The molecule has 0 aromatic carbocycles. The zero-order valence-electron chi connectivity index (χ0n) is 12.4. The van der Waals surface area contributed by atoms with Gasteiger partial charge in [0.15, 0.2) is 11.2 Å². The van der Waals surface area contributed by atoms with E-state index in [-0.39, 0.29) is 5.76 Å². The Kier molecular flexibility index (Phi) is 4.78. The minimum Gasteiger partial charge on any atom is -0.422 e. The van der Waals surface area contributed by atoms with E-state index in [1.807, 2.05) is 12.2 Å². The van der Waals surface area contributed by atoms with Crippen molar-refractivity contribution in [3.63, 3.8) is 0 Å². The first-order chi connectivity index (χ1) is 10.5. The van der Waals surface area contributed by atoms with Gasteiger partial charge in [0.25, 0.3) is 0 Å². The molecule has 4 atom stereocenters. The predicted molar refractivity (Wildman–Crippen MR) is 80.5 cm³/mol. The van der Waals surface area contributed by atoms with Gasteiger partial charge in [-0.25, -0.2) is 0 Å². The number of aliphatic hydroxyl groups is 2. The number of Topliss-reactive ketones (excluding diaryl/α,β-unsaturated/α-hetero) is 1. The number of ether oxygens (including phenoxy) is 1. The Balaban J connectivity index is 2.38. The number of cyclic esters (lactones) is 1. The highest BCUT2D eigenvalue weighted by Gasteiger charge is 2.65. The standard InChI is InChI=1S/C17H20O5/c1-3-4-5-6-7-8-12-9-10-13(18)15(20)17(12)14(19)11(2)22-16(17)21/h5-10,12-13,15,18,20H,2-4H2,1H3/b6-5+,8-7-/t12-,13-,15+,17?/m1/s1. The summed E-state index contributed by atoms with van der Waals surface area (Å²) >= 11 is 0. The van der Waals surface area contributed by atoms with Gasteiger partial charge in [-0.3, -0.25) is 9.59 Å². The van der Waals surface area contributed by atoms with Gasteiger partial charge in [-0.2, -0.15) is 0 Å². The van der Waals surface area contributed by atoms with Gasteiger partial charge < -0.3 is 14.9 Å². The number of hydrogen-bond donors (Lipinski definition) is 2. The second-order valence-electron chi connectivity index (χ2n) is 5.46. The fraction of sp³-hybridized carbons (Fsp3) is 0.412. The molecule has 2 rings (SSSR count). The molecular weight excluding hydrogens is 284 g/mol. The van der Waals surface area contributed by atoms with Crippen molar-refractivity contribution < 1.29 is 24.5 Å². The van der Waals surface area contributed by atoms with Gasteiger partial charge in [0.2, 0.25) is 5.78 Å². The van der Waals surface area contributed by atoms with Crippen molar-refractivity contribution in [1.82, 2.24) is 0 Å². The Morgan fingerprint density at radius 2 is 2.05 bits per heavy atom.